The minimum Gasteiger partial charge on any atom is -0.339 e. The highest BCUT2D eigenvalue weighted by Gasteiger charge is 2.35. The highest BCUT2D eigenvalue weighted by Crippen LogP contribution is 2.27. The Bertz CT molecular complexity index is 443. The van der Waals surface area contributed by atoms with E-state index in [9.17, 15) is 4.79 Å². The van der Waals surface area contributed by atoms with Gasteiger partial charge in [-0.15, -0.1) is 11.3 Å². The largest absolute Gasteiger partial charge is 0.339 e. The third kappa shape index (κ3) is 3.26. The normalized spacial score (nSPS) is 25.6. The van der Waals surface area contributed by atoms with Crippen LogP contribution >= 0.6 is 27.3 Å². The first kappa shape index (κ1) is 14.5. The van der Waals surface area contributed by atoms with Gasteiger partial charge in [0.2, 0.25) is 5.91 Å². The van der Waals surface area contributed by atoms with Gasteiger partial charge in [-0.05, 0) is 30.2 Å². The molecule has 0 aromatic carbocycles. The molecule has 5 heteroatoms. The van der Waals surface area contributed by atoms with E-state index in [1.54, 1.807) is 0 Å². The van der Waals surface area contributed by atoms with E-state index >= 15 is 0 Å². The first-order valence-corrected chi connectivity index (χ1v) is 9.36. The Morgan fingerprint density at radius 3 is 2.75 bits per heavy atom. The van der Waals surface area contributed by atoms with Crippen LogP contribution in [0.25, 0.3) is 0 Å². The van der Waals surface area contributed by atoms with E-state index in [0.29, 0.717) is 17.9 Å². The fourth-order valence-electron chi connectivity index (χ4n) is 3.28. The average Bonchev–Trinajstić information content (AvgIpc) is 3.09. The number of piperidine rings is 1. The molecule has 2 aliphatic rings. The molecule has 2 aliphatic heterocycles. The fourth-order valence-corrected chi connectivity index (χ4v) is 4.46. The summed E-state index contributed by atoms with van der Waals surface area (Å²) >= 11 is 5.35. The smallest absolute Gasteiger partial charge is 0.223 e. The van der Waals surface area contributed by atoms with Crippen LogP contribution in [0.2, 0.25) is 0 Å². The molecule has 3 rings (SSSR count). The Labute approximate surface area is 133 Å². The van der Waals surface area contributed by atoms with Gasteiger partial charge >= 0.3 is 0 Å². The van der Waals surface area contributed by atoms with Gasteiger partial charge in [0.15, 0.2) is 0 Å². The average molecular weight is 357 g/mol. The Morgan fingerprint density at radius 2 is 2.15 bits per heavy atom. The predicted molar refractivity (Wildman–Crippen MR) is 86.2 cm³/mol. The first-order valence-electron chi connectivity index (χ1n) is 7.36. The van der Waals surface area contributed by atoms with Gasteiger partial charge in [-0.1, -0.05) is 22.0 Å². The maximum absolute atomic E-state index is 12.1. The molecule has 2 saturated heterocycles. The summed E-state index contributed by atoms with van der Waals surface area (Å²) in [6.45, 7) is 4.26. The number of carbonyl (C=O) groups excluding carboxylic acids is 1. The molecule has 0 saturated carbocycles. The summed E-state index contributed by atoms with van der Waals surface area (Å²) in [6, 6.07) is 4.81. The van der Waals surface area contributed by atoms with E-state index in [1.165, 1.54) is 4.88 Å². The van der Waals surface area contributed by atoms with Gasteiger partial charge in [-0.25, -0.2) is 0 Å². The highest BCUT2D eigenvalue weighted by atomic mass is 79.9. The lowest BCUT2D eigenvalue weighted by molar-refractivity contribution is -0.130. The third-order valence-corrected chi connectivity index (χ3v) is 6.19. The number of halogens is 1. The summed E-state index contributed by atoms with van der Waals surface area (Å²) in [5.74, 6) is 0.887. The molecule has 1 atom stereocenters. The van der Waals surface area contributed by atoms with Gasteiger partial charge in [0.05, 0.1) is 0 Å². The van der Waals surface area contributed by atoms with Crippen LogP contribution in [0.1, 0.15) is 24.1 Å². The van der Waals surface area contributed by atoms with Crippen LogP contribution in [0.3, 0.4) is 0 Å². The van der Waals surface area contributed by atoms with Crippen molar-refractivity contribution in [3.05, 3.63) is 22.4 Å². The predicted octanol–water partition coefficient (Wildman–Crippen LogP) is 2.96. The van der Waals surface area contributed by atoms with Crippen molar-refractivity contribution in [3.8, 4) is 0 Å². The molecule has 0 radical (unpaired) electrons. The summed E-state index contributed by atoms with van der Waals surface area (Å²) in [5, 5.41) is 3.10. The van der Waals surface area contributed by atoms with Crippen LogP contribution in [0.15, 0.2) is 17.5 Å². The van der Waals surface area contributed by atoms with Crippen molar-refractivity contribution >= 4 is 33.2 Å². The number of likely N-dealkylation sites (tertiary alicyclic amines) is 2. The molecular formula is C15H21BrN2OS. The number of nitrogens with zero attached hydrogens (tertiary/aromatic N) is 2. The monoisotopic (exact) mass is 356 g/mol. The Balaban J connectivity index is 1.50. The van der Waals surface area contributed by atoms with Crippen LogP contribution in [-0.4, -0.2) is 46.7 Å². The quantitative estimate of drug-likeness (QED) is 0.774. The second-order valence-corrected chi connectivity index (χ2v) is 7.54. The van der Waals surface area contributed by atoms with Gasteiger partial charge in [0.25, 0.3) is 0 Å². The minimum atomic E-state index is 0.367. The molecule has 0 aliphatic carbocycles. The van der Waals surface area contributed by atoms with Crippen molar-refractivity contribution in [1.82, 2.24) is 9.80 Å². The van der Waals surface area contributed by atoms with E-state index in [2.05, 4.69) is 43.2 Å². The molecule has 0 spiro atoms. The van der Waals surface area contributed by atoms with E-state index in [4.69, 9.17) is 0 Å². The molecule has 2 fully saturated rings. The molecule has 3 heterocycles. The summed E-state index contributed by atoms with van der Waals surface area (Å²) in [6.07, 6.45) is 3.00. The molecule has 20 heavy (non-hydrogen) atoms. The highest BCUT2D eigenvalue weighted by molar-refractivity contribution is 9.09. The molecule has 1 unspecified atom stereocenters. The molecule has 1 amide bonds. The summed E-state index contributed by atoms with van der Waals surface area (Å²) in [5.41, 5.74) is 0. The number of thiophene rings is 1. The molecule has 3 nitrogen and oxygen atoms in total. The summed E-state index contributed by atoms with van der Waals surface area (Å²) in [4.78, 5) is 18.2. The van der Waals surface area contributed by atoms with E-state index in [-0.39, 0.29) is 0 Å². The maximum atomic E-state index is 12.1. The zero-order valence-electron chi connectivity index (χ0n) is 11.6. The molecular weight excluding hydrogens is 336 g/mol. The number of rotatable bonds is 4. The number of carbonyl (C=O) groups is 1. The Hall–Kier alpha value is -0.390. The lowest BCUT2D eigenvalue weighted by Crippen LogP contribution is -2.45. The third-order valence-electron chi connectivity index (χ3n) is 4.41. The minimum absolute atomic E-state index is 0.367. The van der Waals surface area contributed by atoms with Crippen LogP contribution in [0, 0.1) is 5.92 Å². The van der Waals surface area contributed by atoms with Gasteiger partial charge in [-0.3, -0.25) is 9.69 Å². The number of alkyl halides is 1. The van der Waals surface area contributed by atoms with Gasteiger partial charge < -0.3 is 4.90 Å². The van der Waals surface area contributed by atoms with E-state index in [1.807, 2.05) is 11.3 Å². The number of hydrogen-bond acceptors (Lipinski definition) is 3. The molecule has 0 N–H and O–H groups in total. The second kappa shape index (κ2) is 6.58. The zero-order chi connectivity index (χ0) is 13.9. The number of amides is 1. The van der Waals surface area contributed by atoms with E-state index in [0.717, 1.165) is 50.8 Å². The maximum Gasteiger partial charge on any atom is 0.223 e. The molecule has 110 valence electrons. The molecule has 1 aromatic rings. The summed E-state index contributed by atoms with van der Waals surface area (Å²) < 4.78 is 0. The number of hydrogen-bond donors (Lipinski definition) is 0. The van der Waals surface area contributed by atoms with Crippen molar-refractivity contribution in [2.75, 3.05) is 25.0 Å². The van der Waals surface area contributed by atoms with Crippen molar-refractivity contribution in [1.29, 1.82) is 0 Å². The van der Waals surface area contributed by atoms with Crippen molar-refractivity contribution in [2.24, 2.45) is 5.92 Å². The Kier molecular flexibility index (Phi) is 4.79. The zero-order valence-corrected chi connectivity index (χ0v) is 14.0. The van der Waals surface area contributed by atoms with Gasteiger partial charge in [0, 0.05) is 48.8 Å². The van der Waals surface area contributed by atoms with Crippen LogP contribution in [-0.2, 0) is 11.3 Å². The van der Waals surface area contributed by atoms with Crippen LogP contribution in [0.5, 0.6) is 0 Å². The van der Waals surface area contributed by atoms with Crippen molar-refractivity contribution < 1.29 is 4.79 Å². The first-order chi connectivity index (χ1) is 9.76. The molecule has 0 bridgehead atoms. The Morgan fingerprint density at radius 1 is 1.35 bits per heavy atom. The standard InChI is InChI=1S/C15H21BrN2OS/c16-9-12-8-15(19)18(10-12)13-3-5-17(6-4-13)11-14-2-1-7-20-14/h1-2,7,12-13H,3-6,8-11H2. The van der Waals surface area contributed by atoms with Crippen LogP contribution in [0.4, 0.5) is 0 Å². The fraction of sp³-hybridized carbons (Fsp3) is 0.667. The van der Waals surface area contributed by atoms with Crippen molar-refractivity contribution in [2.45, 2.75) is 31.8 Å². The SMILES string of the molecule is O=C1CC(CBr)CN1C1CCN(Cc2cccs2)CC1. The topological polar surface area (TPSA) is 23.6 Å². The second-order valence-electron chi connectivity index (χ2n) is 5.86. The summed E-state index contributed by atoms with van der Waals surface area (Å²) in [7, 11) is 0. The lowest BCUT2D eigenvalue weighted by Gasteiger charge is -2.36. The van der Waals surface area contributed by atoms with Gasteiger partial charge in [0.1, 0.15) is 0 Å². The van der Waals surface area contributed by atoms with Crippen LogP contribution < -0.4 is 0 Å². The van der Waals surface area contributed by atoms with Gasteiger partial charge in [-0.2, -0.15) is 0 Å². The van der Waals surface area contributed by atoms with Crippen molar-refractivity contribution in [3.63, 3.8) is 0 Å². The van der Waals surface area contributed by atoms with E-state index < -0.39 is 0 Å². The molecule has 1 aromatic heterocycles. The lowest BCUT2D eigenvalue weighted by atomic mass is 10.0.